The molecule has 7 heteroatoms. The topological polar surface area (TPSA) is 50.7 Å². The van der Waals surface area contributed by atoms with E-state index in [1.165, 1.54) is 11.6 Å². The van der Waals surface area contributed by atoms with E-state index in [1.54, 1.807) is 20.3 Å². The fraction of sp³-hybridized carbons (Fsp3) is 0.364. The van der Waals surface area contributed by atoms with Crippen LogP contribution in [-0.2, 0) is 19.0 Å². The summed E-state index contributed by atoms with van der Waals surface area (Å²) in [5.74, 6) is 1.52. The monoisotopic (exact) mass is 409 g/mol. The number of halogens is 3. The third-order valence-electron chi connectivity index (χ3n) is 4.59. The van der Waals surface area contributed by atoms with Crippen molar-refractivity contribution >= 4 is 0 Å². The molecule has 158 valence electrons. The number of rotatable bonds is 9. The molecule has 0 fully saturated rings. The van der Waals surface area contributed by atoms with E-state index in [-0.39, 0.29) is 6.61 Å². The molecular formula is C22H26F3NO3. The van der Waals surface area contributed by atoms with Crippen molar-refractivity contribution in [3.8, 4) is 22.6 Å². The predicted octanol–water partition coefficient (Wildman–Crippen LogP) is 4.24. The van der Waals surface area contributed by atoms with Gasteiger partial charge in [0.25, 0.3) is 0 Å². The fourth-order valence-electron chi connectivity index (χ4n) is 3.09. The van der Waals surface area contributed by atoms with E-state index in [1.807, 2.05) is 12.1 Å². The van der Waals surface area contributed by atoms with E-state index in [4.69, 9.17) is 14.6 Å². The quantitative estimate of drug-likeness (QED) is 0.410. The minimum absolute atomic E-state index is 0.158. The lowest BCUT2D eigenvalue weighted by molar-refractivity contribution is -0.137. The van der Waals surface area contributed by atoms with Crippen molar-refractivity contribution in [2.24, 2.45) is 0 Å². The van der Waals surface area contributed by atoms with Gasteiger partial charge in [-0.15, -0.1) is 6.58 Å². The number of benzene rings is 2. The molecule has 29 heavy (non-hydrogen) atoms. The van der Waals surface area contributed by atoms with Gasteiger partial charge in [-0.2, -0.15) is 13.2 Å². The van der Waals surface area contributed by atoms with Crippen molar-refractivity contribution in [1.29, 1.82) is 0 Å². The molecule has 0 atom stereocenters. The van der Waals surface area contributed by atoms with Crippen molar-refractivity contribution in [3.05, 3.63) is 59.7 Å². The van der Waals surface area contributed by atoms with Crippen LogP contribution in [0, 0.1) is 0 Å². The number of nitrogens with one attached hydrogen (secondary N) is 1. The van der Waals surface area contributed by atoms with Crippen molar-refractivity contribution in [3.63, 3.8) is 0 Å². The number of hydrogen-bond acceptors (Lipinski definition) is 4. The van der Waals surface area contributed by atoms with Gasteiger partial charge in [0.05, 0.1) is 26.4 Å². The number of allylic oxidation sites excluding steroid dienone is 1. The second-order valence-electron chi connectivity index (χ2n) is 6.41. The molecule has 0 saturated heterocycles. The molecule has 0 spiro atoms. The van der Waals surface area contributed by atoms with Crippen LogP contribution in [0.25, 0.3) is 11.1 Å². The number of methoxy groups -OCH3 is 2. The fourth-order valence-corrected chi connectivity index (χ4v) is 3.09. The normalized spacial score (nSPS) is 11.4. The van der Waals surface area contributed by atoms with Gasteiger partial charge in [0.2, 0.25) is 0 Å². The van der Waals surface area contributed by atoms with E-state index in [0.717, 1.165) is 48.1 Å². The van der Waals surface area contributed by atoms with Gasteiger partial charge in [-0.1, -0.05) is 24.3 Å². The lowest BCUT2D eigenvalue weighted by atomic mass is 9.86. The first-order valence-corrected chi connectivity index (χ1v) is 9.24. The molecule has 3 rings (SSSR count). The average Bonchev–Trinajstić information content (AvgIpc) is 2.67. The second-order valence-corrected chi connectivity index (χ2v) is 6.41. The van der Waals surface area contributed by atoms with Gasteiger partial charge in [-0.25, -0.2) is 0 Å². The third kappa shape index (κ3) is 5.52. The van der Waals surface area contributed by atoms with Crippen LogP contribution in [0.2, 0.25) is 0 Å². The molecule has 2 N–H and O–H groups in total. The van der Waals surface area contributed by atoms with Crippen LogP contribution >= 0.6 is 0 Å². The molecule has 0 amide bonds. The van der Waals surface area contributed by atoms with Crippen LogP contribution in [0.5, 0.6) is 11.5 Å². The Bertz CT molecular complexity index is 835. The molecule has 0 unspecified atom stereocenters. The summed E-state index contributed by atoms with van der Waals surface area (Å²) in [5.41, 5.74) is 2.94. The highest BCUT2D eigenvalue weighted by Gasteiger charge is 2.38. The third-order valence-corrected chi connectivity index (χ3v) is 4.59. The summed E-state index contributed by atoms with van der Waals surface area (Å²) < 4.78 is 46.2. The number of alkyl halides is 3. The van der Waals surface area contributed by atoms with Crippen LogP contribution in [-0.4, -0.2) is 39.0 Å². The van der Waals surface area contributed by atoms with E-state index in [9.17, 15) is 13.2 Å². The molecule has 0 aromatic heterocycles. The summed E-state index contributed by atoms with van der Waals surface area (Å²) >= 11 is 0. The lowest BCUT2D eigenvalue weighted by Crippen LogP contribution is -2.21. The van der Waals surface area contributed by atoms with E-state index in [0.29, 0.717) is 12.1 Å². The van der Waals surface area contributed by atoms with Crippen LogP contribution in [0.15, 0.2) is 43.0 Å². The first-order chi connectivity index (χ1) is 13.9. The Morgan fingerprint density at radius 3 is 2.28 bits per heavy atom. The van der Waals surface area contributed by atoms with Crippen molar-refractivity contribution in [2.45, 2.75) is 19.0 Å². The van der Waals surface area contributed by atoms with Gasteiger partial charge in [0.15, 0.2) is 11.5 Å². The number of aliphatic hydroxyl groups excluding tert-OH is 1. The Balaban J connectivity index is 0.000000248. The zero-order valence-electron chi connectivity index (χ0n) is 16.6. The summed E-state index contributed by atoms with van der Waals surface area (Å²) in [4.78, 5) is 0. The Labute approximate surface area is 169 Å². The highest BCUT2D eigenvalue weighted by molar-refractivity contribution is 5.81. The van der Waals surface area contributed by atoms with Gasteiger partial charge in [0.1, 0.15) is 0 Å². The minimum atomic E-state index is -4.15. The molecule has 1 aromatic rings. The van der Waals surface area contributed by atoms with Gasteiger partial charge in [-0.05, 0) is 48.2 Å². The molecule has 0 saturated carbocycles. The van der Waals surface area contributed by atoms with E-state index < -0.39 is 11.7 Å². The van der Waals surface area contributed by atoms with Gasteiger partial charge >= 0.3 is 6.18 Å². The van der Waals surface area contributed by atoms with Crippen molar-refractivity contribution in [2.75, 3.05) is 33.9 Å². The van der Waals surface area contributed by atoms with Gasteiger partial charge in [-0.3, -0.25) is 0 Å². The summed E-state index contributed by atoms with van der Waals surface area (Å²) in [6.45, 7) is 5.39. The molecule has 0 radical (unpaired) electrons. The first kappa shape index (κ1) is 22.8. The van der Waals surface area contributed by atoms with Gasteiger partial charge in [0, 0.05) is 12.1 Å². The molecule has 0 bridgehead atoms. The largest absolute Gasteiger partial charge is 0.493 e. The zero-order valence-corrected chi connectivity index (χ0v) is 16.6. The summed E-state index contributed by atoms with van der Waals surface area (Å²) in [6, 6.07) is 8.30. The van der Waals surface area contributed by atoms with Crippen molar-refractivity contribution < 1.29 is 27.8 Å². The second kappa shape index (κ2) is 10.3. The number of ether oxygens (including phenoxy) is 2. The Kier molecular flexibility index (Phi) is 8.10. The number of hydrogen-bond donors (Lipinski definition) is 2. The summed E-state index contributed by atoms with van der Waals surface area (Å²) in [6.07, 6.45) is -0.662. The molecule has 0 heterocycles. The zero-order chi connectivity index (χ0) is 21.4. The smallest absolute Gasteiger partial charge is 0.417 e. The number of fused-ring (bicyclic) bond motifs is 1. The minimum Gasteiger partial charge on any atom is -0.493 e. The Hall–Kier alpha value is -2.51. The lowest BCUT2D eigenvalue weighted by Gasteiger charge is -2.22. The van der Waals surface area contributed by atoms with Crippen molar-refractivity contribution in [1.82, 2.24) is 5.32 Å². The maximum Gasteiger partial charge on any atom is 0.417 e. The highest BCUT2D eigenvalue weighted by atomic mass is 19.4. The van der Waals surface area contributed by atoms with E-state index >= 15 is 0 Å². The molecule has 2 aliphatic rings. The van der Waals surface area contributed by atoms with E-state index in [2.05, 4.69) is 18.0 Å². The number of aliphatic hydroxyl groups is 1. The molecular weight excluding hydrogens is 383 g/mol. The maximum absolute atomic E-state index is 11.8. The van der Waals surface area contributed by atoms with Crippen LogP contribution in [0.4, 0.5) is 13.2 Å². The van der Waals surface area contributed by atoms with Crippen LogP contribution in [0.3, 0.4) is 0 Å². The summed E-state index contributed by atoms with van der Waals surface area (Å²) in [7, 11) is 3.29. The molecule has 0 aliphatic heterocycles. The highest BCUT2D eigenvalue weighted by Crippen LogP contribution is 2.45. The predicted molar refractivity (Wildman–Crippen MR) is 108 cm³/mol. The van der Waals surface area contributed by atoms with Crippen LogP contribution in [0.1, 0.15) is 16.7 Å². The standard InChI is InChI=1S/C15H23NO3.C7H3F3/c1-4-5-13-12(8-9-16-10-11-17)6-7-14(18-2)15(13)19-3;8-7(9,10)6-3-4-1-2-5(4)6/h4,6-7,16-17H,1,5,8-11H2,2-3H3;1-3H. The first-order valence-electron chi connectivity index (χ1n) is 9.24. The molecule has 2 aliphatic carbocycles. The Morgan fingerprint density at radius 1 is 1.10 bits per heavy atom. The summed E-state index contributed by atoms with van der Waals surface area (Å²) in [5, 5.41) is 11.9. The average molecular weight is 409 g/mol. The maximum atomic E-state index is 11.8. The van der Waals surface area contributed by atoms with Crippen LogP contribution < -0.4 is 14.8 Å². The van der Waals surface area contributed by atoms with Gasteiger partial charge < -0.3 is 19.9 Å². The molecule has 4 nitrogen and oxygen atoms in total. The molecule has 1 aromatic carbocycles. The SMILES string of the molecule is C=CCc1c(CCNCCO)ccc(OC)c1OC.FC(F)(F)c1cc2ccc1-2. The Morgan fingerprint density at radius 2 is 1.86 bits per heavy atom.